The van der Waals surface area contributed by atoms with Crippen molar-refractivity contribution in [1.29, 1.82) is 0 Å². The van der Waals surface area contributed by atoms with Crippen LogP contribution in [0.2, 0.25) is 0 Å². The van der Waals surface area contributed by atoms with Gasteiger partial charge in [-0.1, -0.05) is 11.3 Å². The van der Waals surface area contributed by atoms with Crippen molar-refractivity contribution in [1.82, 2.24) is 10.0 Å². The molecule has 0 unspecified atom stereocenters. The number of nitrogens with zero attached hydrogens (tertiary/aromatic N) is 2. The van der Waals surface area contributed by atoms with Gasteiger partial charge in [-0.15, -0.1) is 0 Å². The standard InChI is InChI=1S/C7H10FN3O3S/c1-11(14-2)3-4-5(8)15-6(9-4)10-7(12)13/h3H2,1-2H3,(H,9,10)(H,12,13). The van der Waals surface area contributed by atoms with Gasteiger partial charge in [0.15, 0.2) is 5.13 Å². The lowest BCUT2D eigenvalue weighted by atomic mass is 10.5. The van der Waals surface area contributed by atoms with Crippen LogP contribution < -0.4 is 5.32 Å². The molecule has 0 radical (unpaired) electrons. The number of hydroxylamine groups is 2. The summed E-state index contributed by atoms with van der Waals surface area (Å²) in [7, 11) is 3.06. The number of aromatic nitrogens is 1. The van der Waals surface area contributed by atoms with E-state index in [1.165, 1.54) is 12.2 Å². The lowest BCUT2D eigenvalue weighted by Gasteiger charge is -2.10. The van der Waals surface area contributed by atoms with Gasteiger partial charge in [-0.25, -0.2) is 9.78 Å². The van der Waals surface area contributed by atoms with Gasteiger partial charge in [0, 0.05) is 7.05 Å². The fourth-order valence-electron chi connectivity index (χ4n) is 0.851. The van der Waals surface area contributed by atoms with E-state index in [4.69, 9.17) is 9.94 Å². The third-order valence-corrected chi connectivity index (χ3v) is 2.35. The Morgan fingerprint density at radius 3 is 3.00 bits per heavy atom. The molecule has 0 aliphatic heterocycles. The first-order chi connectivity index (χ1) is 7.02. The van der Waals surface area contributed by atoms with Crippen LogP contribution in [0.15, 0.2) is 0 Å². The number of nitrogens with one attached hydrogen (secondary N) is 1. The Bertz CT molecular complexity index is 357. The Morgan fingerprint density at radius 1 is 1.80 bits per heavy atom. The number of rotatable bonds is 4. The molecule has 0 aromatic carbocycles. The molecular formula is C7H10FN3O3S. The fourth-order valence-corrected chi connectivity index (χ4v) is 1.54. The maximum atomic E-state index is 13.2. The molecule has 0 fully saturated rings. The van der Waals surface area contributed by atoms with Gasteiger partial charge < -0.3 is 9.94 Å². The molecule has 0 spiro atoms. The zero-order valence-electron chi connectivity index (χ0n) is 8.15. The van der Waals surface area contributed by atoms with E-state index in [2.05, 4.69) is 4.98 Å². The molecule has 0 aliphatic rings. The van der Waals surface area contributed by atoms with E-state index in [9.17, 15) is 9.18 Å². The summed E-state index contributed by atoms with van der Waals surface area (Å²) in [6, 6.07) is 0. The highest BCUT2D eigenvalue weighted by Crippen LogP contribution is 2.21. The third kappa shape index (κ3) is 3.42. The van der Waals surface area contributed by atoms with Crippen molar-refractivity contribution in [2.45, 2.75) is 6.54 Å². The van der Waals surface area contributed by atoms with Crippen LogP contribution in [0.25, 0.3) is 0 Å². The Kier molecular flexibility index (Phi) is 3.95. The minimum atomic E-state index is -1.27. The van der Waals surface area contributed by atoms with E-state index in [1.54, 1.807) is 7.05 Å². The second kappa shape index (κ2) is 5.01. The number of carboxylic acid groups (broad SMARTS) is 1. The summed E-state index contributed by atoms with van der Waals surface area (Å²) in [5, 5.41) is 11.2. The third-order valence-electron chi connectivity index (χ3n) is 1.55. The molecule has 0 aliphatic carbocycles. The van der Waals surface area contributed by atoms with Crippen LogP contribution in [-0.2, 0) is 11.4 Å². The second-order valence-electron chi connectivity index (χ2n) is 2.64. The number of hydrogen-bond donors (Lipinski definition) is 2. The number of halogens is 1. The van der Waals surface area contributed by atoms with Gasteiger partial charge in [-0.3, -0.25) is 5.32 Å². The zero-order valence-corrected chi connectivity index (χ0v) is 8.97. The molecule has 0 bridgehead atoms. The maximum Gasteiger partial charge on any atom is 0.410 e. The number of hydrogen-bond acceptors (Lipinski definition) is 5. The van der Waals surface area contributed by atoms with E-state index in [0.717, 1.165) is 0 Å². The van der Waals surface area contributed by atoms with Crippen molar-refractivity contribution in [3.63, 3.8) is 0 Å². The normalized spacial score (nSPS) is 10.7. The summed E-state index contributed by atoms with van der Waals surface area (Å²) in [5.74, 6) is 0. The molecule has 0 saturated heterocycles. The van der Waals surface area contributed by atoms with Crippen LogP contribution in [0.3, 0.4) is 0 Å². The molecule has 1 heterocycles. The summed E-state index contributed by atoms with van der Waals surface area (Å²) in [4.78, 5) is 18.8. The monoisotopic (exact) mass is 235 g/mol. The first-order valence-corrected chi connectivity index (χ1v) is 4.75. The molecule has 1 aromatic rings. The highest BCUT2D eigenvalue weighted by molar-refractivity contribution is 7.14. The van der Waals surface area contributed by atoms with Crippen molar-refractivity contribution in [2.24, 2.45) is 0 Å². The van der Waals surface area contributed by atoms with Gasteiger partial charge in [0.2, 0.25) is 5.13 Å². The zero-order chi connectivity index (χ0) is 11.4. The average Bonchev–Trinajstić information content (AvgIpc) is 2.45. The van der Waals surface area contributed by atoms with Crippen LogP contribution in [0, 0.1) is 5.13 Å². The molecular weight excluding hydrogens is 225 g/mol. The van der Waals surface area contributed by atoms with E-state index in [-0.39, 0.29) is 17.4 Å². The van der Waals surface area contributed by atoms with Crippen molar-refractivity contribution in [3.8, 4) is 0 Å². The Labute approximate surface area is 89.2 Å². The second-order valence-corrected chi connectivity index (χ2v) is 3.59. The topological polar surface area (TPSA) is 74.7 Å². The molecule has 1 amide bonds. The van der Waals surface area contributed by atoms with E-state index in [0.29, 0.717) is 11.3 Å². The predicted octanol–water partition coefficient (Wildman–Crippen LogP) is 1.37. The molecule has 84 valence electrons. The molecule has 15 heavy (non-hydrogen) atoms. The lowest BCUT2D eigenvalue weighted by molar-refractivity contribution is -0.117. The Balaban J connectivity index is 2.72. The summed E-state index contributed by atoms with van der Waals surface area (Å²) in [6.07, 6.45) is -1.27. The largest absolute Gasteiger partial charge is 0.465 e. The van der Waals surface area contributed by atoms with Crippen molar-refractivity contribution in [2.75, 3.05) is 19.5 Å². The van der Waals surface area contributed by atoms with Crippen molar-refractivity contribution >= 4 is 22.6 Å². The molecule has 6 nitrogen and oxygen atoms in total. The Morgan fingerprint density at radius 2 is 2.47 bits per heavy atom. The van der Waals surface area contributed by atoms with Crippen molar-refractivity contribution in [3.05, 3.63) is 10.8 Å². The van der Waals surface area contributed by atoms with Gasteiger partial charge in [-0.05, 0) is 0 Å². The first kappa shape index (κ1) is 11.8. The molecule has 0 saturated carbocycles. The van der Waals surface area contributed by atoms with E-state index < -0.39 is 11.2 Å². The smallest absolute Gasteiger partial charge is 0.410 e. The van der Waals surface area contributed by atoms with Gasteiger partial charge in [-0.2, -0.15) is 9.45 Å². The first-order valence-electron chi connectivity index (χ1n) is 3.93. The average molecular weight is 235 g/mol. The highest BCUT2D eigenvalue weighted by Gasteiger charge is 2.13. The quantitative estimate of drug-likeness (QED) is 0.771. The van der Waals surface area contributed by atoms with Gasteiger partial charge in [0.25, 0.3) is 0 Å². The van der Waals surface area contributed by atoms with Gasteiger partial charge in [0.1, 0.15) is 5.69 Å². The van der Waals surface area contributed by atoms with Crippen LogP contribution in [-0.4, -0.2) is 35.4 Å². The summed E-state index contributed by atoms with van der Waals surface area (Å²) < 4.78 is 13.2. The Hall–Kier alpha value is -1.25. The van der Waals surface area contributed by atoms with Crippen LogP contribution in [0.1, 0.15) is 5.69 Å². The lowest BCUT2D eigenvalue weighted by Crippen LogP contribution is -2.16. The molecule has 1 aromatic heterocycles. The predicted molar refractivity (Wildman–Crippen MR) is 52.2 cm³/mol. The molecule has 2 N–H and O–H groups in total. The van der Waals surface area contributed by atoms with Gasteiger partial charge >= 0.3 is 6.09 Å². The van der Waals surface area contributed by atoms with Crippen LogP contribution in [0.4, 0.5) is 14.3 Å². The molecule has 1 rings (SSSR count). The molecule has 0 atom stereocenters. The maximum absolute atomic E-state index is 13.2. The molecule has 8 heteroatoms. The summed E-state index contributed by atoms with van der Waals surface area (Å²) in [5.41, 5.74) is 0.146. The number of amides is 1. The minimum Gasteiger partial charge on any atom is -0.465 e. The van der Waals surface area contributed by atoms with Crippen molar-refractivity contribution < 1.29 is 19.1 Å². The SMILES string of the molecule is CON(C)Cc1nc(NC(=O)O)sc1F. The number of carbonyl (C=O) groups is 1. The summed E-state index contributed by atoms with van der Waals surface area (Å²) in [6.45, 7) is 0.153. The highest BCUT2D eigenvalue weighted by atomic mass is 32.1. The van der Waals surface area contributed by atoms with E-state index in [1.807, 2.05) is 5.32 Å². The minimum absolute atomic E-state index is 0.0134. The number of thiazole rings is 1. The summed E-state index contributed by atoms with van der Waals surface area (Å²) >= 11 is 0.643. The van der Waals surface area contributed by atoms with Crippen LogP contribution >= 0.6 is 11.3 Å². The van der Waals surface area contributed by atoms with Crippen LogP contribution in [0.5, 0.6) is 0 Å². The fraction of sp³-hybridized carbons (Fsp3) is 0.429. The number of anilines is 1. The van der Waals surface area contributed by atoms with E-state index >= 15 is 0 Å². The van der Waals surface area contributed by atoms with Gasteiger partial charge in [0.05, 0.1) is 13.7 Å².